The van der Waals surface area contributed by atoms with Crippen molar-refractivity contribution >= 4 is 15.7 Å². The Labute approximate surface area is 109 Å². The molecule has 0 bridgehead atoms. The number of nitriles is 1. The average molecular weight is 278 g/mol. The highest BCUT2D eigenvalue weighted by Crippen LogP contribution is 2.61. The van der Waals surface area contributed by atoms with Crippen molar-refractivity contribution in [2.45, 2.75) is 22.5 Å². The summed E-state index contributed by atoms with van der Waals surface area (Å²) in [6, 6.07) is 8.05. The first-order chi connectivity index (χ1) is 8.90. The Morgan fingerprint density at radius 2 is 2.11 bits per heavy atom. The van der Waals surface area contributed by atoms with Crippen LogP contribution in [0.25, 0.3) is 0 Å². The zero-order valence-corrected chi connectivity index (χ0v) is 10.6. The second kappa shape index (κ2) is 3.35. The van der Waals surface area contributed by atoms with Gasteiger partial charge in [0.15, 0.2) is 9.84 Å². The first kappa shape index (κ1) is 12.1. The Hall–Kier alpha value is -1.91. The lowest BCUT2D eigenvalue weighted by molar-refractivity contribution is -0.121. The normalized spacial score (nSPS) is 34.3. The Kier molecular flexibility index (Phi) is 2.14. The zero-order chi connectivity index (χ0) is 13.9. The molecule has 19 heavy (non-hydrogen) atoms. The Bertz CT molecular complexity index is 736. The first-order valence-corrected chi connectivity index (χ1v) is 7.28. The van der Waals surface area contributed by atoms with Gasteiger partial charge in [-0.2, -0.15) is 5.26 Å². The van der Waals surface area contributed by atoms with Crippen LogP contribution in [0.15, 0.2) is 29.2 Å². The zero-order valence-electron chi connectivity index (χ0n) is 9.79. The molecule has 2 aliphatic heterocycles. The summed E-state index contributed by atoms with van der Waals surface area (Å²) < 4.78 is 29.4. The van der Waals surface area contributed by atoms with Crippen LogP contribution in [0.2, 0.25) is 0 Å². The maximum atomic E-state index is 12.0. The number of carbonyl (C=O) groups is 1. The number of ether oxygens (including phenoxy) is 1. The fourth-order valence-electron chi connectivity index (χ4n) is 2.72. The summed E-state index contributed by atoms with van der Waals surface area (Å²) in [5.74, 6) is -1.05. The number of primary amides is 1. The molecule has 2 heterocycles. The molecule has 1 saturated heterocycles. The molecule has 0 aliphatic carbocycles. The van der Waals surface area contributed by atoms with Crippen molar-refractivity contribution in [3.8, 4) is 6.07 Å². The molecular weight excluding hydrogens is 268 g/mol. The Morgan fingerprint density at radius 3 is 2.68 bits per heavy atom. The van der Waals surface area contributed by atoms with E-state index in [-0.39, 0.29) is 17.1 Å². The second-order valence-corrected chi connectivity index (χ2v) is 6.73. The van der Waals surface area contributed by atoms with Crippen molar-refractivity contribution in [1.82, 2.24) is 0 Å². The van der Waals surface area contributed by atoms with Gasteiger partial charge in [-0.15, -0.1) is 0 Å². The minimum absolute atomic E-state index is 0.0584. The third-order valence-corrected chi connectivity index (χ3v) is 5.51. The Morgan fingerprint density at radius 1 is 1.42 bits per heavy atom. The minimum Gasteiger partial charge on any atom is -0.366 e. The van der Waals surface area contributed by atoms with E-state index in [4.69, 9.17) is 10.5 Å². The molecule has 1 aromatic carbocycles. The number of sulfone groups is 1. The molecule has 2 aliphatic rings. The van der Waals surface area contributed by atoms with Crippen molar-refractivity contribution in [2.24, 2.45) is 5.73 Å². The molecule has 0 unspecified atom stereocenters. The molecule has 6 nitrogen and oxygen atoms in total. The van der Waals surface area contributed by atoms with E-state index < -0.39 is 26.9 Å². The largest absolute Gasteiger partial charge is 0.366 e. The predicted octanol–water partition coefficient (Wildman–Crippen LogP) is -0.163. The van der Waals surface area contributed by atoms with Crippen molar-refractivity contribution in [1.29, 1.82) is 5.26 Å². The molecule has 1 amide bonds. The summed E-state index contributed by atoms with van der Waals surface area (Å²) in [5.41, 5.74) is 2.62. The van der Waals surface area contributed by atoms with Crippen LogP contribution in [0.1, 0.15) is 12.0 Å². The van der Waals surface area contributed by atoms with E-state index in [1.54, 1.807) is 24.3 Å². The highest BCUT2D eigenvalue weighted by atomic mass is 32.2. The van der Waals surface area contributed by atoms with Crippen molar-refractivity contribution in [3.05, 3.63) is 29.8 Å². The second-order valence-electron chi connectivity index (χ2n) is 4.65. The van der Waals surface area contributed by atoms with Crippen LogP contribution >= 0.6 is 0 Å². The summed E-state index contributed by atoms with van der Waals surface area (Å²) in [7, 11) is -3.40. The predicted molar refractivity (Wildman–Crippen MR) is 63.4 cm³/mol. The molecule has 1 aromatic rings. The van der Waals surface area contributed by atoms with Gasteiger partial charge in [0.1, 0.15) is 11.7 Å². The summed E-state index contributed by atoms with van der Waals surface area (Å²) in [4.78, 5) is 11.6. The van der Waals surface area contributed by atoms with E-state index in [0.29, 0.717) is 5.56 Å². The van der Waals surface area contributed by atoms with E-state index in [2.05, 4.69) is 0 Å². The van der Waals surface area contributed by atoms with Crippen LogP contribution in [0.4, 0.5) is 0 Å². The van der Waals surface area contributed by atoms with Gasteiger partial charge in [0, 0.05) is 5.56 Å². The molecule has 7 heteroatoms. The molecule has 1 spiro atoms. The van der Waals surface area contributed by atoms with Gasteiger partial charge in [-0.05, 0) is 12.5 Å². The van der Waals surface area contributed by atoms with Crippen molar-refractivity contribution in [2.75, 3.05) is 5.75 Å². The number of benzene rings is 1. The molecule has 0 radical (unpaired) electrons. The third kappa shape index (κ3) is 1.27. The monoisotopic (exact) mass is 278 g/mol. The van der Waals surface area contributed by atoms with E-state index in [9.17, 15) is 18.5 Å². The quantitative estimate of drug-likeness (QED) is 0.717. The molecule has 1 fully saturated rings. The molecular formula is C12H10N2O4S. The number of epoxide rings is 1. The van der Waals surface area contributed by atoms with Crippen LogP contribution in [0.3, 0.4) is 0 Å². The summed E-state index contributed by atoms with van der Waals surface area (Å²) in [5, 5.41) is 9.17. The molecule has 2 atom stereocenters. The number of carbonyl (C=O) groups excluding carboxylic acids is 1. The van der Waals surface area contributed by atoms with E-state index in [1.807, 2.05) is 0 Å². The number of rotatable bonds is 1. The molecule has 98 valence electrons. The molecule has 3 rings (SSSR count). The van der Waals surface area contributed by atoms with Crippen LogP contribution < -0.4 is 5.73 Å². The topological polar surface area (TPSA) is 114 Å². The van der Waals surface area contributed by atoms with Gasteiger partial charge in [-0.25, -0.2) is 8.42 Å². The molecule has 0 saturated carbocycles. The number of hydrogen-bond donors (Lipinski definition) is 1. The van der Waals surface area contributed by atoms with Crippen LogP contribution in [0, 0.1) is 11.3 Å². The van der Waals surface area contributed by atoms with E-state index >= 15 is 0 Å². The summed E-state index contributed by atoms with van der Waals surface area (Å²) in [6.45, 7) is 0. The molecule has 2 N–H and O–H groups in total. The molecule has 0 aromatic heterocycles. The van der Waals surface area contributed by atoms with Crippen molar-refractivity contribution < 1.29 is 17.9 Å². The third-order valence-electron chi connectivity index (χ3n) is 3.74. The number of fused-ring (bicyclic) bond motifs is 2. The van der Waals surface area contributed by atoms with Gasteiger partial charge in [0.25, 0.3) is 11.5 Å². The highest BCUT2D eigenvalue weighted by molar-refractivity contribution is 7.91. The number of nitrogens with zero attached hydrogens (tertiary/aromatic N) is 1. The maximum absolute atomic E-state index is 12.0. The smallest absolute Gasteiger partial charge is 0.268 e. The lowest BCUT2D eigenvalue weighted by Crippen LogP contribution is -2.40. The summed E-state index contributed by atoms with van der Waals surface area (Å²) in [6.07, 6.45) is 0.0584. The highest BCUT2D eigenvalue weighted by Gasteiger charge is 2.77. The van der Waals surface area contributed by atoms with Gasteiger partial charge >= 0.3 is 0 Å². The fraction of sp³-hybridized carbons (Fsp3) is 0.333. The lowest BCUT2D eigenvalue weighted by Gasteiger charge is -2.23. The lowest BCUT2D eigenvalue weighted by atomic mass is 9.84. The van der Waals surface area contributed by atoms with Crippen LogP contribution in [-0.4, -0.2) is 25.7 Å². The number of nitrogens with two attached hydrogens (primary N) is 1. The number of amides is 1. The first-order valence-electron chi connectivity index (χ1n) is 5.63. The average Bonchev–Trinajstić information content (AvgIpc) is 3.06. The van der Waals surface area contributed by atoms with Gasteiger partial charge in [0.2, 0.25) is 0 Å². The standard InChI is InChI=1S/C12H10N2O4S/c13-7-12(10(14)15)11(18-12)5-6-19(16,17)9-4-2-1-3-8(9)11/h1-4H,5-6H2,(H2,14,15)/t11-,12+/m0/s1. The van der Waals surface area contributed by atoms with Crippen LogP contribution in [-0.2, 0) is 25.0 Å². The van der Waals surface area contributed by atoms with Gasteiger partial charge < -0.3 is 10.5 Å². The van der Waals surface area contributed by atoms with Crippen LogP contribution in [0.5, 0.6) is 0 Å². The minimum atomic E-state index is -3.40. The fourth-order valence-corrected chi connectivity index (χ4v) is 4.35. The van der Waals surface area contributed by atoms with Gasteiger partial charge in [-0.1, -0.05) is 18.2 Å². The Balaban J connectivity index is 2.25. The van der Waals surface area contributed by atoms with Crippen molar-refractivity contribution in [3.63, 3.8) is 0 Å². The van der Waals surface area contributed by atoms with Gasteiger partial charge in [-0.3, -0.25) is 4.79 Å². The number of hydrogen-bond acceptors (Lipinski definition) is 5. The maximum Gasteiger partial charge on any atom is 0.268 e. The van der Waals surface area contributed by atoms with E-state index in [0.717, 1.165) is 0 Å². The summed E-state index contributed by atoms with van der Waals surface area (Å²) >= 11 is 0. The van der Waals surface area contributed by atoms with E-state index in [1.165, 1.54) is 6.07 Å². The van der Waals surface area contributed by atoms with Gasteiger partial charge in [0.05, 0.1) is 10.6 Å². The SMILES string of the molecule is N#C[C@]1(C(N)=O)O[C@]12CCS(=O)(=O)c1ccccc12.